The lowest BCUT2D eigenvalue weighted by atomic mass is 10.4. The lowest BCUT2D eigenvalue weighted by Crippen LogP contribution is -2.22. The average molecular weight is 141 g/mol. The molecule has 10 heavy (non-hydrogen) atoms. The van der Waals surface area contributed by atoms with Gasteiger partial charge in [0.1, 0.15) is 0 Å². The second-order valence-corrected chi connectivity index (χ2v) is 1.94. The summed E-state index contributed by atoms with van der Waals surface area (Å²) in [4.78, 5) is 25.0. The van der Waals surface area contributed by atoms with Crippen molar-refractivity contribution < 1.29 is 14.4 Å². The molecule has 1 rings (SSSR count). The summed E-state index contributed by atoms with van der Waals surface area (Å²) in [5.41, 5.74) is 0. The molecule has 4 heteroatoms. The van der Waals surface area contributed by atoms with E-state index in [1.807, 2.05) is 0 Å². The van der Waals surface area contributed by atoms with Gasteiger partial charge in [-0.05, 0) is 6.42 Å². The molecule has 0 unspecified atom stereocenters. The molecule has 0 radical (unpaired) electrons. The lowest BCUT2D eigenvalue weighted by Gasteiger charge is -2.10. The Morgan fingerprint density at radius 1 is 1.70 bits per heavy atom. The number of nitrogens with zero attached hydrogens (tertiary/aromatic N) is 1. The maximum absolute atomic E-state index is 10.7. The number of hydrogen-bond donors (Lipinski definition) is 0. The highest BCUT2D eigenvalue weighted by atomic mass is 16.7. The highest BCUT2D eigenvalue weighted by Crippen LogP contribution is 2.08. The van der Waals surface area contributed by atoms with Crippen molar-refractivity contribution in [1.82, 2.24) is 5.06 Å². The minimum atomic E-state index is -0.0773. The van der Waals surface area contributed by atoms with Gasteiger partial charge in [0.2, 0.25) is 6.26 Å². The first-order chi connectivity index (χ1) is 4.84. The van der Waals surface area contributed by atoms with Gasteiger partial charge < -0.3 is 4.84 Å². The zero-order chi connectivity index (χ0) is 7.40. The monoisotopic (exact) mass is 141 g/mol. The van der Waals surface area contributed by atoms with Gasteiger partial charge in [-0.15, -0.1) is 0 Å². The molecule has 0 bridgehead atoms. The molecule has 0 spiro atoms. The molecule has 0 atom stereocenters. The largest absolute Gasteiger partial charge is 0.373 e. The van der Waals surface area contributed by atoms with E-state index in [1.54, 1.807) is 0 Å². The maximum atomic E-state index is 10.7. The summed E-state index contributed by atoms with van der Waals surface area (Å²) in [6.07, 6.45) is 2.14. The SMILES string of the molecule is O=C=CON1CCCC1=O. The smallest absolute Gasteiger partial charge is 0.255 e. The van der Waals surface area contributed by atoms with Crippen molar-refractivity contribution in [3.8, 4) is 0 Å². The molecular formula is C6H7NO3. The molecule has 0 aromatic carbocycles. The summed E-state index contributed by atoms with van der Waals surface area (Å²) in [5.74, 6) is 1.35. The first kappa shape index (κ1) is 6.83. The van der Waals surface area contributed by atoms with Crippen LogP contribution in [0.25, 0.3) is 0 Å². The lowest BCUT2D eigenvalue weighted by molar-refractivity contribution is -0.158. The van der Waals surface area contributed by atoms with Gasteiger partial charge >= 0.3 is 0 Å². The van der Waals surface area contributed by atoms with E-state index in [9.17, 15) is 9.59 Å². The number of rotatable bonds is 2. The van der Waals surface area contributed by atoms with Crippen molar-refractivity contribution in [2.75, 3.05) is 6.54 Å². The molecule has 1 aliphatic rings. The van der Waals surface area contributed by atoms with Gasteiger partial charge in [-0.2, -0.15) is 5.06 Å². The van der Waals surface area contributed by atoms with Crippen LogP contribution in [0.5, 0.6) is 0 Å². The zero-order valence-electron chi connectivity index (χ0n) is 5.37. The fourth-order valence-corrected chi connectivity index (χ4v) is 0.820. The molecule has 1 heterocycles. The van der Waals surface area contributed by atoms with Crippen molar-refractivity contribution in [2.45, 2.75) is 12.8 Å². The predicted octanol–water partition coefficient (Wildman–Crippen LogP) is -0.114. The minimum absolute atomic E-state index is 0.0773. The van der Waals surface area contributed by atoms with Gasteiger partial charge in [-0.3, -0.25) is 4.79 Å². The third-order valence-electron chi connectivity index (χ3n) is 1.26. The zero-order valence-corrected chi connectivity index (χ0v) is 5.37. The number of hydroxylamine groups is 2. The standard InChI is InChI=1S/C6H7NO3/c8-4-5-10-7-3-1-2-6(7)9/h5H,1-3H2. The summed E-state index contributed by atoms with van der Waals surface area (Å²) in [6, 6.07) is 0. The molecule has 0 aromatic rings. The second kappa shape index (κ2) is 3.03. The van der Waals surface area contributed by atoms with E-state index >= 15 is 0 Å². The molecule has 4 nitrogen and oxygen atoms in total. The van der Waals surface area contributed by atoms with Crippen molar-refractivity contribution in [3.05, 3.63) is 6.26 Å². The third kappa shape index (κ3) is 1.36. The van der Waals surface area contributed by atoms with Crippen LogP contribution in [-0.4, -0.2) is 23.5 Å². The predicted molar refractivity (Wildman–Crippen MR) is 32.3 cm³/mol. The Morgan fingerprint density at radius 3 is 3.00 bits per heavy atom. The Bertz CT molecular complexity index is 183. The van der Waals surface area contributed by atoms with Crippen molar-refractivity contribution in [3.63, 3.8) is 0 Å². The molecular weight excluding hydrogens is 134 g/mol. The number of carbonyl (C=O) groups is 1. The molecule has 0 aliphatic carbocycles. The molecule has 1 amide bonds. The van der Waals surface area contributed by atoms with E-state index in [2.05, 4.69) is 4.84 Å². The van der Waals surface area contributed by atoms with Crippen LogP contribution in [0.2, 0.25) is 0 Å². The highest BCUT2D eigenvalue weighted by Gasteiger charge is 2.20. The Kier molecular flexibility index (Phi) is 2.07. The third-order valence-corrected chi connectivity index (χ3v) is 1.26. The number of hydrogen-bond acceptors (Lipinski definition) is 3. The van der Waals surface area contributed by atoms with Gasteiger partial charge in [-0.25, -0.2) is 4.79 Å². The van der Waals surface area contributed by atoms with Crippen LogP contribution in [0.4, 0.5) is 0 Å². The number of amides is 1. The Balaban J connectivity index is 2.40. The van der Waals surface area contributed by atoms with Crippen LogP contribution < -0.4 is 0 Å². The average Bonchev–Trinajstić information content (AvgIpc) is 2.31. The fourth-order valence-electron chi connectivity index (χ4n) is 0.820. The summed E-state index contributed by atoms with van der Waals surface area (Å²) >= 11 is 0. The molecule has 54 valence electrons. The van der Waals surface area contributed by atoms with Crippen LogP contribution in [0.15, 0.2) is 6.26 Å². The highest BCUT2D eigenvalue weighted by molar-refractivity contribution is 5.76. The van der Waals surface area contributed by atoms with Crippen LogP contribution in [0.1, 0.15) is 12.8 Å². The quantitative estimate of drug-likeness (QED) is 0.398. The number of carbonyl (C=O) groups excluding carboxylic acids is 2. The maximum Gasteiger partial charge on any atom is 0.255 e. The molecule has 1 aliphatic heterocycles. The van der Waals surface area contributed by atoms with E-state index in [0.717, 1.165) is 17.7 Å². The van der Waals surface area contributed by atoms with E-state index in [1.165, 1.54) is 5.94 Å². The topological polar surface area (TPSA) is 46.6 Å². The molecule has 0 aromatic heterocycles. The van der Waals surface area contributed by atoms with Gasteiger partial charge in [0.05, 0.1) is 6.54 Å². The second-order valence-electron chi connectivity index (χ2n) is 1.94. The van der Waals surface area contributed by atoms with E-state index < -0.39 is 0 Å². The van der Waals surface area contributed by atoms with Crippen LogP contribution in [-0.2, 0) is 14.4 Å². The molecule has 1 fully saturated rings. The summed E-state index contributed by atoms with van der Waals surface area (Å²) in [6.45, 7) is 0.566. The Morgan fingerprint density at radius 2 is 2.50 bits per heavy atom. The normalized spacial score (nSPS) is 16.8. The van der Waals surface area contributed by atoms with Crippen molar-refractivity contribution >= 4 is 11.8 Å². The first-order valence-electron chi connectivity index (χ1n) is 3.01. The molecule has 0 saturated carbocycles. The summed E-state index contributed by atoms with van der Waals surface area (Å²) < 4.78 is 0. The van der Waals surface area contributed by atoms with Crippen molar-refractivity contribution in [1.29, 1.82) is 0 Å². The van der Waals surface area contributed by atoms with Crippen LogP contribution in [0.3, 0.4) is 0 Å². The first-order valence-corrected chi connectivity index (χ1v) is 3.01. The van der Waals surface area contributed by atoms with Gasteiger partial charge in [0.25, 0.3) is 5.91 Å². The van der Waals surface area contributed by atoms with Gasteiger partial charge in [0.15, 0.2) is 5.94 Å². The van der Waals surface area contributed by atoms with Crippen LogP contribution in [0, 0.1) is 0 Å². The summed E-state index contributed by atoms with van der Waals surface area (Å²) in [5, 5.41) is 1.16. The summed E-state index contributed by atoms with van der Waals surface area (Å²) in [7, 11) is 0. The van der Waals surface area contributed by atoms with Gasteiger partial charge in [0, 0.05) is 6.42 Å². The molecule has 1 saturated heterocycles. The Hall–Kier alpha value is -1.28. The minimum Gasteiger partial charge on any atom is -0.373 e. The van der Waals surface area contributed by atoms with Gasteiger partial charge in [-0.1, -0.05) is 0 Å². The fraction of sp³-hybridized carbons (Fsp3) is 0.500. The Labute approximate surface area is 58.0 Å². The van der Waals surface area contributed by atoms with E-state index in [4.69, 9.17) is 0 Å². The van der Waals surface area contributed by atoms with Crippen LogP contribution >= 0.6 is 0 Å². The van der Waals surface area contributed by atoms with E-state index in [-0.39, 0.29) is 5.91 Å². The van der Waals surface area contributed by atoms with E-state index in [0.29, 0.717) is 13.0 Å². The molecule has 0 N–H and O–H groups in total. The van der Waals surface area contributed by atoms with Crippen molar-refractivity contribution in [2.24, 2.45) is 0 Å².